The molecular formula is C10H19N5OS. The SMILES string of the molecule is CCNc1nc(OC)nc(N(C)CCSC)n1. The number of methoxy groups -OCH3 is 1. The minimum absolute atomic E-state index is 0.335. The molecule has 1 aromatic heterocycles. The minimum Gasteiger partial charge on any atom is -0.467 e. The quantitative estimate of drug-likeness (QED) is 0.785. The molecule has 0 aromatic carbocycles. The predicted molar refractivity (Wildman–Crippen MR) is 72.2 cm³/mol. The zero-order chi connectivity index (χ0) is 12.7. The Morgan fingerprint density at radius 1 is 1.35 bits per heavy atom. The first-order valence-corrected chi connectivity index (χ1v) is 6.84. The van der Waals surface area contributed by atoms with Crippen LogP contribution in [0.2, 0.25) is 0 Å². The lowest BCUT2D eigenvalue weighted by Crippen LogP contribution is -2.23. The van der Waals surface area contributed by atoms with Crippen molar-refractivity contribution in [1.29, 1.82) is 0 Å². The summed E-state index contributed by atoms with van der Waals surface area (Å²) < 4.78 is 5.06. The number of hydrogen-bond acceptors (Lipinski definition) is 7. The number of ether oxygens (including phenoxy) is 1. The Balaban J connectivity index is 2.85. The molecule has 0 aliphatic heterocycles. The van der Waals surface area contributed by atoms with E-state index in [-0.39, 0.29) is 0 Å². The van der Waals surface area contributed by atoms with Gasteiger partial charge in [0.1, 0.15) is 0 Å². The molecule has 0 atom stereocenters. The molecule has 0 saturated heterocycles. The van der Waals surface area contributed by atoms with Gasteiger partial charge in [-0.15, -0.1) is 0 Å². The van der Waals surface area contributed by atoms with Crippen LogP contribution in [0, 0.1) is 0 Å². The lowest BCUT2D eigenvalue weighted by atomic mass is 10.6. The first kappa shape index (κ1) is 13.8. The molecule has 0 aliphatic rings. The molecule has 96 valence electrons. The van der Waals surface area contributed by atoms with E-state index in [0.29, 0.717) is 17.9 Å². The Hall–Kier alpha value is -1.24. The standard InChI is InChI=1S/C10H19N5OS/c1-5-11-8-12-9(14-10(13-8)16-3)15(2)6-7-17-4/h5-7H2,1-4H3,(H,11,12,13,14). The highest BCUT2D eigenvalue weighted by Crippen LogP contribution is 2.13. The van der Waals surface area contributed by atoms with Gasteiger partial charge < -0.3 is 15.0 Å². The van der Waals surface area contributed by atoms with E-state index in [1.165, 1.54) is 0 Å². The Bertz CT molecular complexity index is 349. The van der Waals surface area contributed by atoms with Gasteiger partial charge in [-0.3, -0.25) is 0 Å². The number of hydrogen-bond donors (Lipinski definition) is 1. The molecule has 0 saturated carbocycles. The number of thioether (sulfide) groups is 1. The zero-order valence-corrected chi connectivity index (χ0v) is 11.5. The van der Waals surface area contributed by atoms with Crippen molar-refractivity contribution in [3.8, 4) is 6.01 Å². The molecule has 1 N–H and O–H groups in total. The summed E-state index contributed by atoms with van der Waals surface area (Å²) in [6.45, 7) is 3.65. The van der Waals surface area contributed by atoms with E-state index in [9.17, 15) is 0 Å². The maximum absolute atomic E-state index is 5.06. The topological polar surface area (TPSA) is 63.2 Å². The third-order valence-electron chi connectivity index (χ3n) is 2.09. The van der Waals surface area contributed by atoms with Crippen LogP contribution in [-0.2, 0) is 0 Å². The monoisotopic (exact) mass is 257 g/mol. The van der Waals surface area contributed by atoms with Crippen molar-refractivity contribution >= 4 is 23.7 Å². The largest absolute Gasteiger partial charge is 0.467 e. The highest BCUT2D eigenvalue weighted by atomic mass is 32.2. The van der Waals surface area contributed by atoms with Gasteiger partial charge in [-0.1, -0.05) is 0 Å². The van der Waals surface area contributed by atoms with Gasteiger partial charge in [0.25, 0.3) is 0 Å². The van der Waals surface area contributed by atoms with Crippen molar-refractivity contribution in [1.82, 2.24) is 15.0 Å². The summed E-state index contributed by atoms with van der Waals surface area (Å²) >= 11 is 1.79. The van der Waals surface area contributed by atoms with E-state index in [1.54, 1.807) is 18.9 Å². The highest BCUT2D eigenvalue weighted by molar-refractivity contribution is 7.98. The van der Waals surface area contributed by atoms with Gasteiger partial charge in [0.05, 0.1) is 7.11 Å². The molecule has 0 bridgehead atoms. The fourth-order valence-corrected chi connectivity index (χ4v) is 1.63. The minimum atomic E-state index is 0.335. The van der Waals surface area contributed by atoms with Crippen molar-refractivity contribution in [3.63, 3.8) is 0 Å². The van der Waals surface area contributed by atoms with Gasteiger partial charge in [0.2, 0.25) is 11.9 Å². The van der Waals surface area contributed by atoms with Gasteiger partial charge in [-0.05, 0) is 13.2 Å². The molecule has 1 aromatic rings. The van der Waals surface area contributed by atoms with E-state index in [1.807, 2.05) is 18.9 Å². The van der Waals surface area contributed by atoms with Gasteiger partial charge in [0.15, 0.2) is 0 Å². The summed E-state index contributed by atoms with van der Waals surface area (Å²) in [5.41, 5.74) is 0. The maximum atomic E-state index is 5.06. The van der Waals surface area contributed by atoms with Crippen molar-refractivity contribution in [2.45, 2.75) is 6.92 Å². The molecule has 0 spiro atoms. The highest BCUT2D eigenvalue weighted by Gasteiger charge is 2.09. The molecular weight excluding hydrogens is 238 g/mol. The fraction of sp³-hybridized carbons (Fsp3) is 0.700. The molecule has 0 unspecified atom stereocenters. The molecule has 7 heteroatoms. The van der Waals surface area contributed by atoms with Crippen LogP contribution < -0.4 is 15.0 Å². The average molecular weight is 257 g/mol. The number of nitrogens with zero attached hydrogens (tertiary/aromatic N) is 4. The molecule has 1 rings (SSSR count). The summed E-state index contributed by atoms with van der Waals surface area (Å²) in [5.74, 6) is 2.20. The summed E-state index contributed by atoms with van der Waals surface area (Å²) in [6.07, 6.45) is 2.08. The Kier molecular flexibility index (Phi) is 5.82. The van der Waals surface area contributed by atoms with Gasteiger partial charge in [-0.25, -0.2) is 0 Å². The smallest absolute Gasteiger partial charge is 0.322 e. The first-order chi connectivity index (χ1) is 8.21. The summed E-state index contributed by atoms with van der Waals surface area (Å²) in [4.78, 5) is 14.7. The second-order valence-electron chi connectivity index (χ2n) is 3.39. The van der Waals surface area contributed by atoms with Crippen LogP contribution in [0.25, 0.3) is 0 Å². The second kappa shape index (κ2) is 7.16. The molecule has 6 nitrogen and oxygen atoms in total. The van der Waals surface area contributed by atoms with Crippen LogP contribution >= 0.6 is 11.8 Å². The maximum Gasteiger partial charge on any atom is 0.322 e. The van der Waals surface area contributed by atoms with E-state index in [2.05, 4.69) is 26.5 Å². The molecule has 0 fully saturated rings. The summed E-state index contributed by atoms with van der Waals surface area (Å²) in [5, 5.41) is 3.06. The Morgan fingerprint density at radius 2 is 2.12 bits per heavy atom. The lowest BCUT2D eigenvalue weighted by molar-refractivity contribution is 0.379. The molecule has 1 heterocycles. The Morgan fingerprint density at radius 3 is 2.71 bits per heavy atom. The van der Waals surface area contributed by atoms with Crippen molar-refractivity contribution < 1.29 is 4.74 Å². The zero-order valence-electron chi connectivity index (χ0n) is 10.7. The first-order valence-electron chi connectivity index (χ1n) is 5.45. The molecule has 0 aliphatic carbocycles. The van der Waals surface area contributed by atoms with Crippen molar-refractivity contribution in [2.75, 3.05) is 49.5 Å². The van der Waals surface area contributed by atoms with Crippen LogP contribution in [0.3, 0.4) is 0 Å². The fourth-order valence-electron chi connectivity index (χ4n) is 1.17. The van der Waals surface area contributed by atoms with E-state index < -0.39 is 0 Å². The van der Waals surface area contributed by atoms with Crippen LogP contribution in [0.5, 0.6) is 6.01 Å². The molecule has 17 heavy (non-hydrogen) atoms. The predicted octanol–water partition coefficient (Wildman–Crippen LogP) is 1.11. The van der Waals surface area contributed by atoms with E-state index in [4.69, 9.17) is 4.74 Å². The number of nitrogens with one attached hydrogen (secondary N) is 1. The van der Waals surface area contributed by atoms with Crippen LogP contribution in [0.4, 0.5) is 11.9 Å². The van der Waals surface area contributed by atoms with Gasteiger partial charge in [-0.2, -0.15) is 26.7 Å². The van der Waals surface area contributed by atoms with E-state index in [0.717, 1.165) is 18.8 Å². The van der Waals surface area contributed by atoms with Crippen LogP contribution in [0.15, 0.2) is 0 Å². The van der Waals surface area contributed by atoms with E-state index >= 15 is 0 Å². The van der Waals surface area contributed by atoms with Crippen LogP contribution in [0.1, 0.15) is 6.92 Å². The normalized spacial score (nSPS) is 10.1. The summed E-state index contributed by atoms with van der Waals surface area (Å²) in [7, 11) is 3.51. The number of rotatable bonds is 7. The van der Waals surface area contributed by atoms with Gasteiger partial charge >= 0.3 is 6.01 Å². The van der Waals surface area contributed by atoms with Gasteiger partial charge in [0, 0.05) is 25.9 Å². The van der Waals surface area contributed by atoms with Crippen molar-refractivity contribution in [2.24, 2.45) is 0 Å². The average Bonchev–Trinajstić information content (AvgIpc) is 2.35. The van der Waals surface area contributed by atoms with Crippen LogP contribution in [-0.4, -0.2) is 54.2 Å². The second-order valence-corrected chi connectivity index (χ2v) is 4.38. The number of anilines is 2. The third-order valence-corrected chi connectivity index (χ3v) is 2.68. The lowest BCUT2D eigenvalue weighted by Gasteiger charge is -2.17. The summed E-state index contributed by atoms with van der Waals surface area (Å²) in [6, 6.07) is 0.335. The number of aromatic nitrogens is 3. The molecule has 0 radical (unpaired) electrons. The van der Waals surface area contributed by atoms with Crippen molar-refractivity contribution in [3.05, 3.63) is 0 Å². The Labute approximate surface area is 106 Å². The third kappa shape index (κ3) is 4.26. The molecule has 0 amide bonds.